The summed E-state index contributed by atoms with van der Waals surface area (Å²) in [7, 11) is 0. The summed E-state index contributed by atoms with van der Waals surface area (Å²) < 4.78 is 0. The van der Waals surface area contributed by atoms with E-state index in [1.54, 1.807) is 4.81 Å². The molecule has 126 valence electrons. The Bertz CT molecular complexity index is 799. The third-order valence-electron chi connectivity index (χ3n) is 4.40. The molecule has 1 aromatic rings. The lowest BCUT2D eigenvalue weighted by Crippen LogP contribution is -2.17. The molecule has 0 spiro atoms. The summed E-state index contributed by atoms with van der Waals surface area (Å²) in [6, 6.07) is 4.04. The summed E-state index contributed by atoms with van der Waals surface area (Å²) >= 11 is 0. The van der Waals surface area contributed by atoms with Gasteiger partial charge in [0.25, 0.3) is 0 Å². The van der Waals surface area contributed by atoms with E-state index in [0.717, 1.165) is 16.8 Å². The fourth-order valence-corrected chi connectivity index (χ4v) is 2.86. The monoisotopic (exact) mass is 324 g/mol. The maximum absolute atomic E-state index is 10.9. The molecule has 2 aliphatic rings. The summed E-state index contributed by atoms with van der Waals surface area (Å²) in [5.41, 5.74) is 3.44. The number of fused-ring (bicyclic) bond motifs is 1. The third-order valence-corrected chi connectivity index (χ3v) is 4.40. The van der Waals surface area contributed by atoms with Crippen molar-refractivity contribution in [2.45, 2.75) is 58.4 Å². The summed E-state index contributed by atoms with van der Waals surface area (Å²) in [5.74, 6) is 0.259. The van der Waals surface area contributed by atoms with E-state index in [1.165, 1.54) is 0 Å². The molecule has 0 bridgehead atoms. The highest BCUT2D eigenvalue weighted by molar-refractivity contribution is 6.01. The van der Waals surface area contributed by atoms with Gasteiger partial charge in [-0.1, -0.05) is 59.8 Å². The molecule has 1 aromatic carbocycles. The van der Waals surface area contributed by atoms with Crippen LogP contribution in [0.5, 0.6) is 5.75 Å². The van der Waals surface area contributed by atoms with Crippen molar-refractivity contribution in [3.8, 4) is 5.75 Å². The highest BCUT2D eigenvalue weighted by atomic mass is 16.3. The van der Waals surface area contributed by atoms with E-state index in [0.29, 0.717) is 5.69 Å². The van der Waals surface area contributed by atoms with Gasteiger partial charge in [-0.15, -0.1) is 0 Å². The van der Waals surface area contributed by atoms with Crippen molar-refractivity contribution in [3.05, 3.63) is 47.6 Å². The lowest BCUT2D eigenvalue weighted by atomic mass is 9.80. The van der Waals surface area contributed by atoms with Crippen molar-refractivity contribution in [1.82, 2.24) is 0 Å². The number of hydrogen-bond donors (Lipinski definition) is 1. The van der Waals surface area contributed by atoms with Gasteiger partial charge in [0.05, 0.1) is 4.81 Å². The minimum absolute atomic E-state index is 0.0259. The van der Waals surface area contributed by atoms with Crippen LogP contribution in [0.25, 0.3) is 0 Å². The molecule has 0 radical (unpaired) electrons. The Kier molecular flexibility index (Phi) is 3.74. The van der Waals surface area contributed by atoms with Gasteiger partial charge in [0, 0.05) is 21.8 Å². The molecule has 4 heteroatoms. The standard InChI is InChI=1S/C20H25N3O/c1-19(2,3)13-11-14(20(4,5)6)18(24)17(12-13)23-21-15-9-7-8-10-16(15)22-23/h7-12,15H,1-6H3/p+1. The molecule has 0 amide bonds. The van der Waals surface area contributed by atoms with Gasteiger partial charge in [0.15, 0.2) is 11.8 Å². The first-order valence-corrected chi connectivity index (χ1v) is 8.39. The van der Waals surface area contributed by atoms with Gasteiger partial charge >= 0.3 is 5.69 Å². The van der Waals surface area contributed by atoms with E-state index < -0.39 is 0 Å². The molecular formula is C20H26N3O+. The van der Waals surface area contributed by atoms with Crippen LogP contribution in [-0.2, 0) is 10.8 Å². The lowest BCUT2D eigenvalue weighted by molar-refractivity contribution is -0.513. The maximum Gasteiger partial charge on any atom is 0.309 e. The van der Waals surface area contributed by atoms with E-state index in [9.17, 15) is 5.11 Å². The van der Waals surface area contributed by atoms with Crippen molar-refractivity contribution in [2.24, 2.45) is 10.2 Å². The molecule has 24 heavy (non-hydrogen) atoms. The van der Waals surface area contributed by atoms with Crippen molar-refractivity contribution < 1.29 is 9.91 Å². The summed E-state index contributed by atoms with van der Waals surface area (Å²) in [5, 5.41) is 20.1. The predicted octanol–water partition coefficient (Wildman–Crippen LogP) is 4.95. The number of hydrazone groups is 1. The van der Waals surface area contributed by atoms with Crippen molar-refractivity contribution in [2.75, 3.05) is 0 Å². The average molecular weight is 324 g/mol. The number of azo groups is 1. The largest absolute Gasteiger partial charge is 0.502 e. The fourth-order valence-electron chi connectivity index (χ4n) is 2.86. The quantitative estimate of drug-likeness (QED) is 0.730. The lowest BCUT2D eigenvalue weighted by Gasteiger charge is -2.25. The van der Waals surface area contributed by atoms with E-state index in [4.69, 9.17) is 0 Å². The molecule has 0 aromatic heterocycles. The SMILES string of the molecule is CC(C)(C)c1cc([N+]2=NC3C=CC=CC3=N2)c(O)c(C(C)(C)C)c1. The number of phenolic OH excluding ortho intramolecular Hbond substituents is 1. The summed E-state index contributed by atoms with van der Waals surface area (Å²) in [4.78, 5) is 1.58. The molecule has 1 atom stereocenters. The predicted molar refractivity (Wildman–Crippen MR) is 97.4 cm³/mol. The molecule has 1 aliphatic heterocycles. The topological polar surface area (TPSA) is 48.0 Å². The number of phenols is 1. The van der Waals surface area contributed by atoms with Crippen molar-refractivity contribution in [3.63, 3.8) is 0 Å². The number of aromatic hydroxyl groups is 1. The summed E-state index contributed by atoms with van der Waals surface area (Å²) in [6.07, 6.45) is 7.90. The van der Waals surface area contributed by atoms with Gasteiger partial charge in [0.1, 0.15) is 5.71 Å². The van der Waals surface area contributed by atoms with Crippen molar-refractivity contribution in [1.29, 1.82) is 0 Å². The van der Waals surface area contributed by atoms with Gasteiger partial charge < -0.3 is 5.11 Å². The normalized spacial score (nSPS) is 20.0. The first-order chi connectivity index (χ1) is 11.1. The smallest absolute Gasteiger partial charge is 0.309 e. The van der Waals surface area contributed by atoms with E-state index >= 15 is 0 Å². The molecule has 0 fully saturated rings. The van der Waals surface area contributed by atoms with Crippen LogP contribution in [0, 0.1) is 0 Å². The van der Waals surface area contributed by atoms with Crippen LogP contribution >= 0.6 is 0 Å². The number of benzene rings is 1. The molecule has 0 saturated carbocycles. The number of allylic oxidation sites excluding steroid dienone is 2. The van der Waals surface area contributed by atoms with Crippen LogP contribution in [0.1, 0.15) is 52.7 Å². The number of hydrogen-bond acceptors (Lipinski definition) is 3. The van der Waals surface area contributed by atoms with E-state index in [2.05, 4.69) is 57.8 Å². The minimum Gasteiger partial charge on any atom is -0.502 e. The second-order valence-corrected chi connectivity index (χ2v) is 8.51. The fraction of sp³-hybridized carbons (Fsp3) is 0.450. The third kappa shape index (κ3) is 2.93. The molecule has 1 unspecified atom stereocenters. The van der Waals surface area contributed by atoms with Crippen molar-refractivity contribution >= 4 is 11.4 Å². The zero-order chi connectivity index (χ0) is 17.7. The Hall–Kier alpha value is -2.23. The Labute approximate surface area is 143 Å². The highest BCUT2D eigenvalue weighted by Gasteiger charge is 2.35. The molecule has 1 heterocycles. The molecule has 1 aliphatic carbocycles. The number of nitrogens with zero attached hydrogens (tertiary/aromatic N) is 3. The average Bonchev–Trinajstić information content (AvgIpc) is 2.88. The number of rotatable bonds is 1. The molecule has 0 saturated heterocycles. The zero-order valence-corrected chi connectivity index (χ0v) is 15.3. The van der Waals surface area contributed by atoms with Gasteiger partial charge in [0.2, 0.25) is 0 Å². The zero-order valence-electron chi connectivity index (χ0n) is 15.3. The first-order valence-electron chi connectivity index (χ1n) is 8.39. The molecule has 3 rings (SSSR count). The van der Waals surface area contributed by atoms with E-state index in [1.807, 2.05) is 30.4 Å². The van der Waals surface area contributed by atoms with Crippen LogP contribution in [0.4, 0.5) is 5.69 Å². The second kappa shape index (κ2) is 5.40. The Morgan fingerprint density at radius 3 is 2.29 bits per heavy atom. The van der Waals surface area contributed by atoms with Gasteiger partial charge in [-0.2, -0.15) is 0 Å². The van der Waals surface area contributed by atoms with Crippen LogP contribution in [0.2, 0.25) is 0 Å². The van der Waals surface area contributed by atoms with Crippen LogP contribution < -0.4 is 0 Å². The van der Waals surface area contributed by atoms with Gasteiger partial charge in [-0.05, 0) is 28.5 Å². The Morgan fingerprint density at radius 2 is 1.71 bits per heavy atom. The highest BCUT2D eigenvalue weighted by Crippen LogP contribution is 2.42. The molecular weight excluding hydrogens is 298 g/mol. The second-order valence-electron chi connectivity index (χ2n) is 8.51. The molecule has 4 nitrogen and oxygen atoms in total. The van der Waals surface area contributed by atoms with Gasteiger partial charge in [-0.25, -0.2) is 0 Å². The Morgan fingerprint density at radius 1 is 1.00 bits per heavy atom. The Balaban J connectivity index is 2.20. The van der Waals surface area contributed by atoms with Crippen LogP contribution in [-0.4, -0.2) is 21.7 Å². The van der Waals surface area contributed by atoms with E-state index in [-0.39, 0.29) is 22.6 Å². The maximum atomic E-state index is 10.9. The van der Waals surface area contributed by atoms with Crippen LogP contribution in [0.15, 0.2) is 46.7 Å². The summed E-state index contributed by atoms with van der Waals surface area (Å²) in [6.45, 7) is 12.8. The van der Waals surface area contributed by atoms with Gasteiger partial charge in [-0.3, -0.25) is 0 Å². The molecule has 1 N–H and O–H groups in total. The van der Waals surface area contributed by atoms with Crippen LogP contribution in [0.3, 0.4) is 0 Å². The minimum atomic E-state index is -0.167. The first kappa shape index (κ1) is 16.6.